The molecule has 0 fully saturated rings. The highest BCUT2D eigenvalue weighted by molar-refractivity contribution is 7.98. The number of hydrogen-bond donors (Lipinski definition) is 1. The molecule has 0 aliphatic heterocycles. The van der Waals surface area contributed by atoms with Crippen LogP contribution in [-0.4, -0.2) is 16.2 Å². The SMILES string of the molecule is CSc1cccc(=Nc2ccccc2Cl)n1O. The van der Waals surface area contributed by atoms with Crippen LogP contribution in [-0.2, 0) is 0 Å². The third kappa shape index (κ3) is 2.65. The van der Waals surface area contributed by atoms with Crippen LogP contribution in [0.2, 0.25) is 5.02 Å². The van der Waals surface area contributed by atoms with Gasteiger partial charge in [-0.25, -0.2) is 4.99 Å². The van der Waals surface area contributed by atoms with Gasteiger partial charge in [0.1, 0.15) is 5.03 Å². The van der Waals surface area contributed by atoms with Crippen LogP contribution in [0.15, 0.2) is 52.5 Å². The summed E-state index contributed by atoms with van der Waals surface area (Å²) in [6.45, 7) is 0. The number of rotatable bonds is 2. The number of thioether (sulfide) groups is 1. The second-order valence-corrected chi connectivity index (χ2v) is 4.54. The molecule has 0 atom stereocenters. The molecule has 1 aromatic heterocycles. The molecule has 0 aliphatic carbocycles. The highest BCUT2D eigenvalue weighted by atomic mass is 35.5. The van der Waals surface area contributed by atoms with Crippen LogP contribution in [0.25, 0.3) is 0 Å². The van der Waals surface area contributed by atoms with Gasteiger partial charge in [-0.3, -0.25) is 0 Å². The fourth-order valence-corrected chi connectivity index (χ4v) is 2.03. The molecule has 2 aromatic rings. The average molecular weight is 267 g/mol. The average Bonchev–Trinajstić information content (AvgIpc) is 2.34. The maximum atomic E-state index is 9.90. The van der Waals surface area contributed by atoms with Gasteiger partial charge in [0.15, 0.2) is 5.49 Å². The summed E-state index contributed by atoms with van der Waals surface area (Å²) in [5.41, 5.74) is 1.08. The van der Waals surface area contributed by atoms with Crippen LogP contribution in [0.5, 0.6) is 0 Å². The van der Waals surface area contributed by atoms with Gasteiger partial charge in [0.2, 0.25) is 0 Å². The third-order valence-electron chi connectivity index (χ3n) is 2.21. The molecule has 0 radical (unpaired) electrons. The van der Waals surface area contributed by atoms with Crippen molar-refractivity contribution < 1.29 is 5.21 Å². The van der Waals surface area contributed by atoms with E-state index in [1.54, 1.807) is 18.2 Å². The van der Waals surface area contributed by atoms with Gasteiger partial charge in [-0.15, -0.1) is 11.8 Å². The molecular formula is C12H11ClN2OS. The van der Waals surface area contributed by atoms with E-state index in [1.165, 1.54) is 11.8 Å². The summed E-state index contributed by atoms with van der Waals surface area (Å²) < 4.78 is 1.05. The maximum Gasteiger partial charge on any atom is 0.169 e. The molecule has 2 rings (SSSR count). The Labute approximate surface area is 108 Å². The van der Waals surface area contributed by atoms with Crippen molar-refractivity contribution in [2.24, 2.45) is 4.99 Å². The van der Waals surface area contributed by atoms with Gasteiger partial charge in [-0.1, -0.05) is 29.8 Å². The van der Waals surface area contributed by atoms with Crippen molar-refractivity contribution in [2.45, 2.75) is 5.03 Å². The van der Waals surface area contributed by atoms with E-state index in [-0.39, 0.29) is 0 Å². The summed E-state index contributed by atoms with van der Waals surface area (Å²) in [5.74, 6) is 0. The van der Waals surface area contributed by atoms with Gasteiger partial charge in [0, 0.05) is 0 Å². The lowest BCUT2D eigenvalue weighted by Crippen LogP contribution is -2.18. The van der Waals surface area contributed by atoms with Crippen molar-refractivity contribution in [3.8, 4) is 0 Å². The number of para-hydroxylation sites is 1. The normalized spacial score (nSPS) is 11.8. The van der Waals surface area contributed by atoms with Crippen LogP contribution in [0.3, 0.4) is 0 Å². The lowest BCUT2D eigenvalue weighted by molar-refractivity contribution is 0.148. The highest BCUT2D eigenvalue weighted by Gasteiger charge is 2.00. The molecule has 3 nitrogen and oxygen atoms in total. The first-order valence-corrected chi connectivity index (χ1v) is 6.57. The van der Waals surface area contributed by atoms with Crippen LogP contribution < -0.4 is 5.49 Å². The number of nitrogens with zero attached hydrogens (tertiary/aromatic N) is 2. The maximum absolute atomic E-state index is 9.90. The molecule has 88 valence electrons. The molecule has 17 heavy (non-hydrogen) atoms. The molecule has 1 aromatic carbocycles. The van der Waals surface area contributed by atoms with Crippen LogP contribution >= 0.6 is 23.4 Å². The second-order valence-electron chi connectivity index (χ2n) is 3.30. The van der Waals surface area contributed by atoms with Gasteiger partial charge >= 0.3 is 0 Å². The summed E-state index contributed by atoms with van der Waals surface area (Å²) in [4.78, 5) is 4.32. The van der Waals surface area contributed by atoms with Crippen molar-refractivity contribution in [3.05, 3.63) is 53.0 Å². The number of pyridine rings is 1. The van der Waals surface area contributed by atoms with E-state index in [4.69, 9.17) is 11.6 Å². The van der Waals surface area contributed by atoms with Crippen molar-refractivity contribution in [3.63, 3.8) is 0 Å². The van der Waals surface area contributed by atoms with Crippen LogP contribution in [0.1, 0.15) is 0 Å². The molecule has 0 saturated heterocycles. The van der Waals surface area contributed by atoms with E-state index in [0.717, 1.165) is 9.76 Å². The van der Waals surface area contributed by atoms with E-state index in [1.807, 2.05) is 30.5 Å². The van der Waals surface area contributed by atoms with Crippen molar-refractivity contribution in [2.75, 3.05) is 6.26 Å². The summed E-state index contributed by atoms with van der Waals surface area (Å²) in [5, 5.41) is 11.2. The van der Waals surface area contributed by atoms with E-state index >= 15 is 0 Å². The minimum atomic E-state index is 0.449. The predicted molar refractivity (Wildman–Crippen MR) is 70.1 cm³/mol. The Morgan fingerprint density at radius 2 is 1.94 bits per heavy atom. The lowest BCUT2D eigenvalue weighted by Gasteiger charge is -2.04. The third-order valence-corrected chi connectivity index (χ3v) is 3.25. The van der Waals surface area contributed by atoms with E-state index in [0.29, 0.717) is 16.2 Å². The molecule has 0 bridgehead atoms. The lowest BCUT2D eigenvalue weighted by atomic mass is 10.3. The molecule has 0 aliphatic rings. The molecule has 1 N–H and O–H groups in total. The van der Waals surface area contributed by atoms with Crippen LogP contribution in [0.4, 0.5) is 5.69 Å². The zero-order valence-corrected chi connectivity index (χ0v) is 10.7. The summed E-state index contributed by atoms with van der Waals surface area (Å²) in [6, 6.07) is 12.6. The van der Waals surface area contributed by atoms with Crippen molar-refractivity contribution in [1.82, 2.24) is 4.73 Å². The second kappa shape index (κ2) is 5.29. The molecule has 0 spiro atoms. The largest absolute Gasteiger partial charge is 0.426 e. The zero-order chi connectivity index (χ0) is 12.3. The van der Waals surface area contributed by atoms with Gasteiger partial charge in [0.25, 0.3) is 0 Å². The quantitative estimate of drug-likeness (QED) is 0.669. The Balaban J connectivity index is 2.58. The molecule has 5 heteroatoms. The summed E-state index contributed by atoms with van der Waals surface area (Å²) in [7, 11) is 0. The topological polar surface area (TPSA) is 37.5 Å². The first kappa shape index (κ1) is 12.1. The van der Waals surface area contributed by atoms with Crippen molar-refractivity contribution in [1.29, 1.82) is 0 Å². The van der Waals surface area contributed by atoms with Crippen LogP contribution in [0, 0.1) is 0 Å². The van der Waals surface area contributed by atoms with Crippen molar-refractivity contribution >= 4 is 29.1 Å². The standard InChI is InChI=1S/C12H11ClN2OS/c1-17-12-8-4-7-11(15(12)16)14-10-6-3-2-5-9(10)13/h2-8,16H,1H3. The summed E-state index contributed by atoms with van der Waals surface area (Å²) >= 11 is 7.45. The Morgan fingerprint density at radius 3 is 2.65 bits per heavy atom. The van der Waals surface area contributed by atoms with E-state index < -0.39 is 0 Å². The van der Waals surface area contributed by atoms with Gasteiger partial charge in [-0.05, 0) is 30.5 Å². The Bertz CT molecular complexity index is 595. The van der Waals surface area contributed by atoms with Gasteiger partial charge in [0.05, 0.1) is 10.7 Å². The molecular weight excluding hydrogens is 256 g/mol. The zero-order valence-electron chi connectivity index (χ0n) is 9.17. The number of halogens is 1. The molecule has 1 heterocycles. The van der Waals surface area contributed by atoms with Gasteiger partial charge in [-0.2, -0.15) is 4.73 Å². The Kier molecular flexibility index (Phi) is 3.76. The smallest absolute Gasteiger partial charge is 0.169 e. The fraction of sp³-hybridized carbons (Fsp3) is 0.0833. The van der Waals surface area contributed by atoms with Gasteiger partial charge < -0.3 is 5.21 Å². The Morgan fingerprint density at radius 1 is 1.18 bits per heavy atom. The number of benzene rings is 1. The highest BCUT2D eigenvalue weighted by Crippen LogP contribution is 2.22. The molecule has 0 amide bonds. The molecule has 0 unspecified atom stereocenters. The van der Waals surface area contributed by atoms with E-state index in [9.17, 15) is 5.21 Å². The predicted octanol–water partition coefficient (Wildman–Crippen LogP) is 3.33. The summed E-state index contributed by atoms with van der Waals surface area (Å²) in [6.07, 6.45) is 1.89. The minimum Gasteiger partial charge on any atom is -0.426 e. The number of hydrogen-bond acceptors (Lipinski definition) is 3. The monoisotopic (exact) mass is 266 g/mol. The fourth-order valence-electron chi connectivity index (χ4n) is 1.38. The first-order valence-electron chi connectivity index (χ1n) is 4.97. The number of aromatic nitrogens is 1. The minimum absolute atomic E-state index is 0.449. The first-order chi connectivity index (χ1) is 8.22. The van der Waals surface area contributed by atoms with E-state index in [2.05, 4.69) is 4.99 Å². The molecule has 0 saturated carbocycles. The Hall–Kier alpha value is -1.39.